The van der Waals surface area contributed by atoms with Crippen LogP contribution in [-0.4, -0.2) is 60.6 Å². The number of benzene rings is 4. The third-order valence-electron chi connectivity index (χ3n) is 9.36. The molecule has 54 heavy (non-hydrogen) atoms. The molecule has 4 atom stereocenters. The second-order valence-electron chi connectivity index (χ2n) is 13.9. The second-order valence-corrected chi connectivity index (χ2v) is 18.2. The molecule has 11 nitrogen and oxygen atoms in total. The first-order chi connectivity index (χ1) is 26.0. The van der Waals surface area contributed by atoms with E-state index in [4.69, 9.17) is 18.6 Å². The topological polar surface area (TPSA) is 135 Å². The summed E-state index contributed by atoms with van der Waals surface area (Å²) in [5, 5.41) is 4.23. The predicted octanol–water partition coefficient (Wildman–Crippen LogP) is 5.52. The molecule has 1 fully saturated rings. The molecule has 0 radical (unpaired) electrons. The minimum Gasteiger partial charge on any atom is -0.452 e. The van der Waals surface area contributed by atoms with Crippen LogP contribution in [-0.2, 0) is 23.4 Å². The van der Waals surface area contributed by atoms with Crippen LogP contribution in [0.25, 0.3) is 0 Å². The Hall–Kier alpha value is -5.69. The molecule has 12 heteroatoms. The van der Waals surface area contributed by atoms with Gasteiger partial charge in [0.1, 0.15) is 11.9 Å². The molecule has 1 aromatic heterocycles. The van der Waals surface area contributed by atoms with E-state index >= 15 is 0 Å². The maximum Gasteiger partial charge on any atom is 0.351 e. The predicted molar refractivity (Wildman–Crippen MR) is 206 cm³/mol. The number of amides is 1. The van der Waals surface area contributed by atoms with E-state index in [2.05, 4.69) is 55.3 Å². The molecular weight excluding hydrogens is 703 g/mol. The summed E-state index contributed by atoms with van der Waals surface area (Å²) >= 11 is 0. The van der Waals surface area contributed by atoms with Gasteiger partial charge in [-0.3, -0.25) is 9.36 Å². The van der Waals surface area contributed by atoms with Crippen LogP contribution in [0.2, 0.25) is 5.04 Å². The Morgan fingerprint density at radius 2 is 1.22 bits per heavy atom. The van der Waals surface area contributed by atoms with Gasteiger partial charge in [-0.05, 0) is 45.7 Å². The fourth-order valence-electron chi connectivity index (χ4n) is 6.74. The summed E-state index contributed by atoms with van der Waals surface area (Å²) in [7, 11) is -3.15. The van der Waals surface area contributed by atoms with Crippen molar-refractivity contribution in [3.8, 4) is 0 Å². The maximum atomic E-state index is 13.8. The average Bonchev–Trinajstić information content (AvgIpc) is 3.51. The number of hydrogen-bond donors (Lipinski definition) is 1. The van der Waals surface area contributed by atoms with Gasteiger partial charge >= 0.3 is 17.6 Å². The highest BCUT2D eigenvalue weighted by atomic mass is 28.4. The Morgan fingerprint density at radius 3 is 1.69 bits per heavy atom. The van der Waals surface area contributed by atoms with E-state index in [1.54, 1.807) is 67.6 Å². The molecule has 6 rings (SSSR count). The fraction of sp³-hybridized carbons (Fsp3) is 0.262. The summed E-state index contributed by atoms with van der Waals surface area (Å²) in [5.41, 5.74) is -0.258. The summed E-state index contributed by atoms with van der Waals surface area (Å²) in [4.78, 5) is 57.2. The third-order valence-corrected chi connectivity index (χ3v) is 14.4. The zero-order valence-corrected chi connectivity index (χ0v) is 31.6. The lowest BCUT2D eigenvalue weighted by Crippen LogP contribution is -2.67. The van der Waals surface area contributed by atoms with E-state index in [-0.39, 0.29) is 35.9 Å². The van der Waals surface area contributed by atoms with Gasteiger partial charge in [-0.15, -0.1) is 0 Å². The highest BCUT2D eigenvalue weighted by Crippen LogP contribution is 2.39. The van der Waals surface area contributed by atoms with Crippen LogP contribution in [0.4, 0.5) is 5.82 Å². The zero-order valence-electron chi connectivity index (χ0n) is 30.6. The largest absolute Gasteiger partial charge is 0.452 e. The summed E-state index contributed by atoms with van der Waals surface area (Å²) in [6, 6.07) is 38.3. The van der Waals surface area contributed by atoms with Crippen molar-refractivity contribution in [2.75, 3.05) is 11.9 Å². The van der Waals surface area contributed by atoms with Crippen molar-refractivity contribution in [2.24, 2.45) is 0 Å². The number of ether oxygens (including phenoxy) is 3. The van der Waals surface area contributed by atoms with Crippen molar-refractivity contribution >= 4 is 42.4 Å². The number of aromatic nitrogens is 2. The first-order valence-corrected chi connectivity index (χ1v) is 19.7. The number of nitrogens with zero attached hydrogens (tertiary/aromatic N) is 2. The second kappa shape index (κ2) is 16.5. The van der Waals surface area contributed by atoms with E-state index in [0.29, 0.717) is 0 Å². The Labute approximate surface area is 315 Å². The Morgan fingerprint density at radius 1 is 0.741 bits per heavy atom. The van der Waals surface area contributed by atoms with Crippen LogP contribution in [0, 0.1) is 0 Å². The summed E-state index contributed by atoms with van der Waals surface area (Å²) in [6.45, 7) is 8.00. The van der Waals surface area contributed by atoms with Crippen molar-refractivity contribution in [3.05, 3.63) is 155 Å². The number of nitrogens with one attached hydrogen (secondary N) is 1. The molecule has 0 spiro atoms. The smallest absolute Gasteiger partial charge is 0.351 e. The number of rotatable bonds is 12. The average molecular weight is 746 g/mol. The number of esters is 2. The van der Waals surface area contributed by atoms with E-state index in [1.807, 2.05) is 36.4 Å². The van der Waals surface area contributed by atoms with E-state index in [9.17, 15) is 19.2 Å². The normalized spacial score (nSPS) is 18.4. The van der Waals surface area contributed by atoms with Gasteiger partial charge in [-0.25, -0.2) is 14.4 Å². The lowest BCUT2D eigenvalue weighted by atomic mass is 10.1. The first kappa shape index (κ1) is 38.0. The minimum atomic E-state index is -3.15. The summed E-state index contributed by atoms with van der Waals surface area (Å²) < 4.78 is 27.4. The van der Waals surface area contributed by atoms with Crippen LogP contribution in [0.5, 0.6) is 0 Å². The van der Waals surface area contributed by atoms with E-state index in [1.165, 1.54) is 12.3 Å². The van der Waals surface area contributed by atoms with Crippen molar-refractivity contribution in [2.45, 2.75) is 63.7 Å². The van der Waals surface area contributed by atoms with Crippen LogP contribution < -0.4 is 21.4 Å². The Bertz CT molecular complexity index is 2070. The number of anilines is 1. The van der Waals surface area contributed by atoms with Crippen molar-refractivity contribution in [3.63, 3.8) is 0 Å². The van der Waals surface area contributed by atoms with Gasteiger partial charge in [0.05, 0.1) is 17.7 Å². The lowest BCUT2D eigenvalue weighted by molar-refractivity contribution is -0.115. The summed E-state index contributed by atoms with van der Waals surface area (Å²) in [5.74, 6) is -1.65. The molecule has 278 valence electrons. The molecule has 5 aromatic rings. The lowest BCUT2D eigenvalue weighted by Gasteiger charge is -2.43. The molecule has 0 saturated carbocycles. The molecular formula is C42H43N3O8Si. The highest BCUT2D eigenvalue weighted by molar-refractivity contribution is 6.99. The van der Waals surface area contributed by atoms with Crippen molar-refractivity contribution in [1.82, 2.24) is 9.55 Å². The SMILES string of the molecule is CCC(=O)Nc1ccn([C@@H]2O[C@H](CO[Si](c3ccccc3)(c3ccccc3)C(C)(C)C)[C@@H](OC(=O)c3ccccc3)[C@@H]2OC(=O)c2ccccc2)c(=O)n1. The maximum absolute atomic E-state index is 13.8. The van der Waals surface area contributed by atoms with Gasteiger partial charge in [-0.2, -0.15) is 4.98 Å². The van der Waals surface area contributed by atoms with Gasteiger partial charge in [-0.1, -0.05) is 125 Å². The van der Waals surface area contributed by atoms with Gasteiger partial charge in [0.25, 0.3) is 8.32 Å². The molecule has 0 aliphatic carbocycles. The zero-order chi connectivity index (χ0) is 38.3. The number of hydrogen-bond acceptors (Lipinski definition) is 9. The first-order valence-electron chi connectivity index (χ1n) is 17.8. The minimum absolute atomic E-state index is 0.0533. The van der Waals surface area contributed by atoms with Crippen molar-refractivity contribution < 1.29 is 33.0 Å². The van der Waals surface area contributed by atoms with E-state index in [0.717, 1.165) is 14.9 Å². The number of carbonyl (C=O) groups excluding carboxylic acids is 3. The molecule has 0 bridgehead atoms. The quantitative estimate of drug-likeness (QED) is 0.130. The fourth-order valence-corrected chi connectivity index (χ4v) is 11.3. The monoisotopic (exact) mass is 745 g/mol. The molecule has 0 unspecified atom stereocenters. The van der Waals surface area contributed by atoms with Crippen LogP contribution in [0.15, 0.2) is 138 Å². The molecule has 1 aliphatic heterocycles. The number of carbonyl (C=O) groups is 3. The standard InChI is InChI=1S/C42H43N3O8Si/c1-5-35(46)43-34-26-27-45(41(49)44-34)38-37(53-40(48)30-20-12-7-13-21-30)36(52-39(47)29-18-10-6-11-19-29)33(51-38)28-50-54(42(2,3)4,31-22-14-8-15-23-31)32-24-16-9-17-25-32/h6-27,33,36-38H,5,28H2,1-4H3,(H,43,44,46,49)/t33-,36-,37+,38-/m1/s1. The summed E-state index contributed by atoms with van der Waals surface area (Å²) in [6.07, 6.45) is -3.29. The Balaban J connectivity index is 1.45. The van der Waals surface area contributed by atoms with E-state index < -0.39 is 55.5 Å². The molecule has 4 aromatic carbocycles. The van der Waals surface area contributed by atoms with Gasteiger partial charge in [0, 0.05) is 12.6 Å². The molecule has 1 saturated heterocycles. The highest BCUT2D eigenvalue weighted by Gasteiger charge is 2.55. The van der Waals surface area contributed by atoms with Crippen molar-refractivity contribution in [1.29, 1.82) is 0 Å². The van der Waals surface area contributed by atoms with Crippen LogP contribution in [0.1, 0.15) is 61.1 Å². The van der Waals surface area contributed by atoms with Gasteiger partial charge < -0.3 is 24.0 Å². The van der Waals surface area contributed by atoms with Crippen LogP contribution >= 0.6 is 0 Å². The molecule has 1 amide bonds. The van der Waals surface area contributed by atoms with Gasteiger partial charge in [0.2, 0.25) is 5.91 Å². The molecule has 2 heterocycles. The molecule has 1 N–H and O–H groups in total. The van der Waals surface area contributed by atoms with Gasteiger partial charge in [0.15, 0.2) is 18.4 Å². The molecule has 1 aliphatic rings. The Kier molecular flexibility index (Phi) is 11.7. The van der Waals surface area contributed by atoms with Crippen LogP contribution in [0.3, 0.4) is 0 Å². The third kappa shape index (κ3) is 8.10.